The quantitative estimate of drug-likeness (QED) is 0.764. The standard InChI is InChI=1S/C16H16Cl3N/c1-3-20-16(11-5-4-10(2)14(18)8-11)13-7-6-12(17)9-15(13)19/h4-9,16,20H,3H2,1-2H3. The fraction of sp³-hybridized carbons (Fsp3) is 0.250. The van der Waals surface area contributed by atoms with Gasteiger partial charge in [-0.25, -0.2) is 0 Å². The second-order valence-electron chi connectivity index (χ2n) is 4.67. The van der Waals surface area contributed by atoms with Gasteiger partial charge < -0.3 is 5.32 Å². The minimum atomic E-state index is 0.00265. The topological polar surface area (TPSA) is 12.0 Å². The molecule has 1 N–H and O–H groups in total. The van der Waals surface area contributed by atoms with E-state index >= 15 is 0 Å². The van der Waals surface area contributed by atoms with Gasteiger partial charge in [-0.3, -0.25) is 0 Å². The Hall–Kier alpha value is -0.730. The van der Waals surface area contributed by atoms with Crippen molar-refractivity contribution < 1.29 is 0 Å². The Kier molecular flexibility index (Phi) is 5.34. The van der Waals surface area contributed by atoms with Crippen LogP contribution >= 0.6 is 34.8 Å². The molecule has 2 rings (SSSR count). The molecular weight excluding hydrogens is 313 g/mol. The normalized spacial score (nSPS) is 12.4. The van der Waals surface area contributed by atoms with Gasteiger partial charge in [0, 0.05) is 15.1 Å². The van der Waals surface area contributed by atoms with Crippen molar-refractivity contribution in [3.63, 3.8) is 0 Å². The number of benzene rings is 2. The van der Waals surface area contributed by atoms with Gasteiger partial charge in [0.1, 0.15) is 0 Å². The molecule has 0 radical (unpaired) electrons. The van der Waals surface area contributed by atoms with Crippen molar-refractivity contribution in [2.45, 2.75) is 19.9 Å². The molecule has 0 saturated carbocycles. The number of aryl methyl sites for hydroxylation is 1. The van der Waals surface area contributed by atoms with Gasteiger partial charge in [0.15, 0.2) is 0 Å². The number of nitrogens with one attached hydrogen (secondary N) is 1. The summed E-state index contributed by atoms with van der Waals surface area (Å²) in [7, 11) is 0. The second-order valence-corrected chi connectivity index (χ2v) is 5.92. The summed E-state index contributed by atoms with van der Waals surface area (Å²) in [6.07, 6.45) is 0. The van der Waals surface area contributed by atoms with Crippen LogP contribution in [-0.2, 0) is 0 Å². The minimum Gasteiger partial charge on any atom is -0.306 e. The molecular formula is C16H16Cl3N. The lowest BCUT2D eigenvalue weighted by molar-refractivity contribution is 0.631. The highest BCUT2D eigenvalue weighted by Gasteiger charge is 2.17. The van der Waals surface area contributed by atoms with Gasteiger partial charge in [-0.15, -0.1) is 0 Å². The smallest absolute Gasteiger partial charge is 0.0591 e. The van der Waals surface area contributed by atoms with Crippen molar-refractivity contribution in [1.29, 1.82) is 0 Å². The predicted molar refractivity (Wildman–Crippen MR) is 88.2 cm³/mol. The molecule has 0 bridgehead atoms. The molecule has 4 heteroatoms. The van der Waals surface area contributed by atoms with E-state index in [2.05, 4.69) is 18.3 Å². The van der Waals surface area contributed by atoms with E-state index in [4.69, 9.17) is 34.8 Å². The SMILES string of the molecule is CCNC(c1ccc(C)c(Cl)c1)c1ccc(Cl)cc1Cl. The molecule has 1 unspecified atom stereocenters. The summed E-state index contributed by atoms with van der Waals surface area (Å²) in [5, 5.41) is 5.48. The van der Waals surface area contributed by atoms with Gasteiger partial charge >= 0.3 is 0 Å². The van der Waals surface area contributed by atoms with E-state index in [1.54, 1.807) is 6.07 Å². The van der Waals surface area contributed by atoms with Gasteiger partial charge in [-0.1, -0.05) is 59.9 Å². The lowest BCUT2D eigenvalue weighted by atomic mass is 9.97. The molecule has 2 aromatic carbocycles. The first-order valence-corrected chi connectivity index (χ1v) is 7.60. The Morgan fingerprint density at radius 2 is 1.75 bits per heavy atom. The third kappa shape index (κ3) is 3.48. The molecule has 0 fully saturated rings. The van der Waals surface area contributed by atoms with E-state index in [1.807, 2.05) is 31.2 Å². The summed E-state index contributed by atoms with van der Waals surface area (Å²) >= 11 is 18.5. The van der Waals surface area contributed by atoms with E-state index in [9.17, 15) is 0 Å². The molecule has 0 aromatic heterocycles. The molecule has 0 spiro atoms. The van der Waals surface area contributed by atoms with Crippen LogP contribution in [-0.4, -0.2) is 6.54 Å². The lowest BCUT2D eigenvalue weighted by Gasteiger charge is -2.21. The van der Waals surface area contributed by atoms with Crippen LogP contribution in [0.25, 0.3) is 0 Å². The maximum atomic E-state index is 6.32. The first kappa shape index (κ1) is 15.7. The van der Waals surface area contributed by atoms with Crippen molar-refractivity contribution >= 4 is 34.8 Å². The zero-order valence-corrected chi connectivity index (χ0v) is 13.7. The van der Waals surface area contributed by atoms with E-state index in [0.29, 0.717) is 10.0 Å². The third-order valence-electron chi connectivity index (χ3n) is 3.21. The average molecular weight is 329 g/mol. The fourth-order valence-corrected chi connectivity index (χ4v) is 2.84. The van der Waals surface area contributed by atoms with Gasteiger partial charge in [0.05, 0.1) is 6.04 Å². The van der Waals surface area contributed by atoms with Crippen molar-refractivity contribution in [2.24, 2.45) is 0 Å². The van der Waals surface area contributed by atoms with Gasteiger partial charge in [0.25, 0.3) is 0 Å². The predicted octanol–water partition coefficient (Wildman–Crippen LogP) is 5.65. The molecule has 0 amide bonds. The maximum absolute atomic E-state index is 6.32. The Morgan fingerprint density at radius 1 is 1.00 bits per heavy atom. The van der Waals surface area contributed by atoms with Crippen LogP contribution in [0.3, 0.4) is 0 Å². The molecule has 0 saturated heterocycles. The summed E-state index contributed by atoms with van der Waals surface area (Å²) < 4.78 is 0. The molecule has 0 aliphatic rings. The number of hydrogen-bond acceptors (Lipinski definition) is 1. The van der Waals surface area contributed by atoms with E-state index < -0.39 is 0 Å². The Morgan fingerprint density at radius 3 is 2.35 bits per heavy atom. The summed E-state index contributed by atoms with van der Waals surface area (Å²) in [4.78, 5) is 0. The first-order chi connectivity index (χ1) is 9.52. The maximum Gasteiger partial charge on any atom is 0.0591 e. The van der Waals surface area contributed by atoms with Crippen LogP contribution in [0.2, 0.25) is 15.1 Å². The highest BCUT2D eigenvalue weighted by molar-refractivity contribution is 6.35. The van der Waals surface area contributed by atoms with Crippen LogP contribution < -0.4 is 5.32 Å². The average Bonchev–Trinajstić information content (AvgIpc) is 2.40. The van der Waals surface area contributed by atoms with Crippen LogP contribution in [0, 0.1) is 6.92 Å². The fourth-order valence-electron chi connectivity index (χ4n) is 2.14. The molecule has 106 valence electrons. The van der Waals surface area contributed by atoms with Crippen LogP contribution in [0.15, 0.2) is 36.4 Å². The Balaban J connectivity index is 2.47. The summed E-state index contributed by atoms with van der Waals surface area (Å²) in [5.74, 6) is 0. The number of halogens is 3. The van der Waals surface area contributed by atoms with Crippen molar-refractivity contribution in [3.8, 4) is 0 Å². The second kappa shape index (κ2) is 6.82. The van der Waals surface area contributed by atoms with E-state index in [0.717, 1.165) is 28.3 Å². The van der Waals surface area contributed by atoms with Crippen molar-refractivity contribution in [1.82, 2.24) is 5.32 Å². The van der Waals surface area contributed by atoms with Crippen molar-refractivity contribution in [3.05, 3.63) is 68.2 Å². The summed E-state index contributed by atoms with van der Waals surface area (Å²) in [6.45, 7) is 4.88. The molecule has 1 nitrogen and oxygen atoms in total. The number of hydrogen-bond donors (Lipinski definition) is 1. The molecule has 1 atom stereocenters. The molecule has 0 aliphatic heterocycles. The first-order valence-electron chi connectivity index (χ1n) is 6.47. The monoisotopic (exact) mass is 327 g/mol. The van der Waals surface area contributed by atoms with E-state index in [-0.39, 0.29) is 6.04 Å². The van der Waals surface area contributed by atoms with E-state index in [1.165, 1.54) is 0 Å². The Bertz CT molecular complexity index is 611. The number of rotatable bonds is 4. The molecule has 20 heavy (non-hydrogen) atoms. The van der Waals surface area contributed by atoms with Crippen LogP contribution in [0.4, 0.5) is 0 Å². The van der Waals surface area contributed by atoms with Gasteiger partial charge in [0.2, 0.25) is 0 Å². The largest absolute Gasteiger partial charge is 0.306 e. The highest BCUT2D eigenvalue weighted by Crippen LogP contribution is 2.32. The zero-order chi connectivity index (χ0) is 14.7. The van der Waals surface area contributed by atoms with Crippen LogP contribution in [0.5, 0.6) is 0 Å². The molecule has 2 aromatic rings. The zero-order valence-electron chi connectivity index (χ0n) is 11.4. The molecule has 0 heterocycles. The molecule has 0 aliphatic carbocycles. The highest BCUT2D eigenvalue weighted by atomic mass is 35.5. The van der Waals surface area contributed by atoms with Gasteiger partial charge in [-0.05, 0) is 48.4 Å². The summed E-state index contributed by atoms with van der Waals surface area (Å²) in [5.41, 5.74) is 3.15. The Labute approximate surface area is 134 Å². The van der Waals surface area contributed by atoms with Crippen LogP contribution in [0.1, 0.15) is 29.7 Å². The third-order valence-corrected chi connectivity index (χ3v) is 4.18. The summed E-state index contributed by atoms with van der Waals surface area (Å²) in [6, 6.07) is 11.6. The minimum absolute atomic E-state index is 0.00265. The van der Waals surface area contributed by atoms with Crippen molar-refractivity contribution in [2.75, 3.05) is 6.54 Å². The lowest BCUT2D eigenvalue weighted by Crippen LogP contribution is -2.22. The van der Waals surface area contributed by atoms with Gasteiger partial charge in [-0.2, -0.15) is 0 Å².